The van der Waals surface area contributed by atoms with Crippen molar-refractivity contribution in [3.05, 3.63) is 65.7 Å². The predicted molar refractivity (Wildman–Crippen MR) is 133 cm³/mol. The fraction of sp³-hybridized carbons (Fsp3) is 0.464. The number of hydroxylamine groups is 1. The van der Waals surface area contributed by atoms with E-state index in [1.54, 1.807) is 29.7 Å². The Morgan fingerprint density at radius 1 is 1.06 bits per heavy atom. The molecule has 2 amide bonds. The second-order valence-corrected chi connectivity index (χ2v) is 9.66. The number of ether oxygens (including phenoxy) is 1. The van der Waals surface area contributed by atoms with Crippen LogP contribution in [-0.4, -0.2) is 35.5 Å². The number of hydrogen-bond donors (Lipinski definition) is 3. The smallest absolute Gasteiger partial charge is 0.247 e. The average Bonchev–Trinajstić information content (AvgIpc) is 2.86. The van der Waals surface area contributed by atoms with Gasteiger partial charge in [0.2, 0.25) is 11.8 Å². The van der Waals surface area contributed by atoms with E-state index in [-0.39, 0.29) is 17.6 Å². The molecular formula is C28H36N2O5. The zero-order valence-electron chi connectivity index (χ0n) is 20.5. The lowest BCUT2D eigenvalue weighted by atomic mass is 9.80. The van der Waals surface area contributed by atoms with Crippen LogP contribution in [0.1, 0.15) is 61.9 Å². The van der Waals surface area contributed by atoms with Crippen LogP contribution in [-0.2, 0) is 16.0 Å². The monoisotopic (exact) mass is 480 g/mol. The van der Waals surface area contributed by atoms with Gasteiger partial charge in [0, 0.05) is 17.9 Å². The van der Waals surface area contributed by atoms with Gasteiger partial charge in [0.05, 0.1) is 18.6 Å². The first kappa shape index (κ1) is 26.4. The van der Waals surface area contributed by atoms with Gasteiger partial charge in [0.15, 0.2) is 5.78 Å². The number of Topliss-reactive ketones (excluding diaryl/α,β-unsaturated/α-hetero) is 1. The highest BCUT2D eigenvalue weighted by Gasteiger charge is 2.36. The lowest BCUT2D eigenvalue weighted by Crippen LogP contribution is -2.48. The Bertz CT molecular complexity index is 975. The van der Waals surface area contributed by atoms with Crippen molar-refractivity contribution in [1.29, 1.82) is 0 Å². The summed E-state index contributed by atoms with van der Waals surface area (Å²) in [6.45, 7) is 4.54. The van der Waals surface area contributed by atoms with Gasteiger partial charge in [-0.05, 0) is 42.9 Å². The van der Waals surface area contributed by atoms with E-state index in [1.165, 1.54) is 0 Å². The standard InChI is InChI=1S/C28H36N2O5/c1-19(2)17-24-23(28(33)30-34)11-7-4-8-16-35-22-14-12-20(13-15-22)18-25(29-27(24)32)26(31)21-9-5-3-6-10-21/h3,5-6,9-10,12-15,19,23-25,34H,4,7-8,11,16-18H2,1-2H3,(H,29,32)(H,30,33)/t23-,24+,25-/m0/s1. The molecule has 2 aliphatic heterocycles. The molecule has 4 rings (SSSR count). The maximum atomic E-state index is 13.6. The fourth-order valence-electron chi connectivity index (χ4n) is 4.64. The summed E-state index contributed by atoms with van der Waals surface area (Å²) in [5.41, 5.74) is 3.16. The van der Waals surface area contributed by atoms with E-state index >= 15 is 0 Å². The number of amides is 2. The van der Waals surface area contributed by atoms with Crippen LogP contribution in [0.2, 0.25) is 0 Å². The van der Waals surface area contributed by atoms with Crippen molar-refractivity contribution in [3.8, 4) is 5.75 Å². The summed E-state index contributed by atoms with van der Waals surface area (Å²) in [5.74, 6) is -1.55. The molecule has 7 heteroatoms. The van der Waals surface area contributed by atoms with Gasteiger partial charge in [-0.15, -0.1) is 0 Å². The van der Waals surface area contributed by atoms with Gasteiger partial charge in [-0.1, -0.05) is 69.2 Å². The van der Waals surface area contributed by atoms with Gasteiger partial charge < -0.3 is 10.1 Å². The van der Waals surface area contributed by atoms with Crippen LogP contribution < -0.4 is 15.5 Å². The third kappa shape index (κ3) is 7.65. The summed E-state index contributed by atoms with van der Waals surface area (Å²) in [7, 11) is 0. The van der Waals surface area contributed by atoms with Gasteiger partial charge in [-0.25, -0.2) is 5.48 Å². The third-order valence-electron chi connectivity index (χ3n) is 6.48. The van der Waals surface area contributed by atoms with Crippen LogP contribution in [0.4, 0.5) is 0 Å². The Labute approximate surface area is 207 Å². The third-order valence-corrected chi connectivity index (χ3v) is 6.48. The first-order chi connectivity index (χ1) is 16.9. The fourth-order valence-corrected chi connectivity index (χ4v) is 4.64. The zero-order valence-corrected chi connectivity index (χ0v) is 20.5. The molecule has 3 atom stereocenters. The molecule has 7 nitrogen and oxygen atoms in total. The topological polar surface area (TPSA) is 105 Å². The lowest BCUT2D eigenvalue weighted by molar-refractivity contribution is -0.141. The largest absolute Gasteiger partial charge is 0.494 e. The Kier molecular flexibility index (Phi) is 9.85. The maximum Gasteiger partial charge on any atom is 0.247 e. The molecule has 35 heavy (non-hydrogen) atoms. The van der Waals surface area contributed by atoms with E-state index in [1.807, 2.05) is 44.2 Å². The van der Waals surface area contributed by atoms with E-state index in [2.05, 4.69) is 5.32 Å². The lowest BCUT2D eigenvalue weighted by Gasteiger charge is -2.28. The molecule has 188 valence electrons. The van der Waals surface area contributed by atoms with Gasteiger partial charge in [-0.2, -0.15) is 0 Å². The molecule has 2 bridgehead atoms. The SMILES string of the molecule is CC(C)C[C@H]1C(=O)N[C@H](C(=O)c2ccccc2)Cc2ccc(cc2)OCCCCC[C@@H]1C(=O)NO. The first-order valence-corrected chi connectivity index (χ1v) is 12.4. The summed E-state index contributed by atoms with van der Waals surface area (Å²) in [6.07, 6.45) is 3.61. The molecule has 0 aliphatic carbocycles. The molecule has 2 aromatic carbocycles. The van der Waals surface area contributed by atoms with Crippen LogP contribution in [0.15, 0.2) is 54.6 Å². The number of ketones is 1. The Morgan fingerprint density at radius 2 is 1.77 bits per heavy atom. The van der Waals surface area contributed by atoms with Crippen molar-refractivity contribution in [2.45, 2.75) is 58.4 Å². The maximum absolute atomic E-state index is 13.6. The molecule has 3 N–H and O–H groups in total. The molecule has 2 aromatic rings. The normalized spacial score (nSPS) is 21.7. The second kappa shape index (κ2) is 13.0. The van der Waals surface area contributed by atoms with Crippen molar-refractivity contribution in [1.82, 2.24) is 10.8 Å². The van der Waals surface area contributed by atoms with Crippen molar-refractivity contribution >= 4 is 17.6 Å². The highest BCUT2D eigenvalue weighted by Crippen LogP contribution is 2.27. The van der Waals surface area contributed by atoms with Gasteiger partial charge in [-0.3, -0.25) is 19.6 Å². The first-order valence-electron chi connectivity index (χ1n) is 12.4. The van der Waals surface area contributed by atoms with Crippen LogP contribution in [0.25, 0.3) is 0 Å². The predicted octanol–water partition coefficient (Wildman–Crippen LogP) is 4.33. The molecule has 0 saturated carbocycles. The number of benzene rings is 2. The minimum atomic E-state index is -0.794. The zero-order chi connectivity index (χ0) is 25.2. The Morgan fingerprint density at radius 3 is 2.43 bits per heavy atom. The molecule has 0 spiro atoms. The molecular weight excluding hydrogens is 444 g/mol. The highest BCUT2D eigenvalue weighted by atomic mass is 16.5. The summed E-state index contributed by atoms with van der Waals surface area (Å²) >= 11 is 0. The molecule has 2 heterocycles. The molecule has 0 aromatic heterocycles. The van der Waals surface area contributed by atoms with Crippen LogP contribution in [0, 0.1) is 17.8 Å². The number of hydrogen-bond acceptors (Lipinski definition) is 5. The number of rotatable bonds is 5. The minimum absolute atomic E-state index is 0.148. The molecule has 0 radical (unpaired) electrons. The Balaban J connectivity index is 1.96. The van der Waals surface area contributed by atoms with E-state index in [0.29, 0.717) is 37.9 Å². The second-order valence-electron chi connectivity index (χ2n) is 9.66. The van der Waals surface area contributed by atoms with E-state index < -0.39 is 23.8 Å². The molecule has 0 unspecified atom stereocenters. The van der Waals surface area contributed by atoms with E-state index in [9.17, 15) is 19.6 Å². The molecule has 0 fully saturated rings. The number of carbonyl (C=O) groups excluding carboxylic acids is 3. The van der Waals surface area contributed by atoms with E-state index in [0.717, 1.165) is 24.2 Å². The number of fused-ring (bicyclic) bond motifs is 13. The number of carbonyl (C=O) groups is 3. The Hall–Kier alpha value is -3.19. The van der Waals surface area contributed by atoms with Gasteiger partial charge in [0.25, 0.3) is 0 Å². The van der Waals surface area contributed by atoms with Crippen LogP contribution >= 0.6 is 0 Å². The summed E-state index contributed by atoms with van der Waals surface area (Å²) in [6, 6.07) is 15.7. The minimum Gasteiger partial charge on any atom is -0.494 e. The summed E-state index contributed by atoms with van der Waals surface area (Å²) < 4.78 is 5.83. The molecule has 0 saturated heterocycles. The van der Waals surface area contributed by atoms with Crippen molar-refractivity contribution < 1.29 is 24.3 Å². The summed E-state index contributed by atoms with van der Waals surface area (Å²) in [4.78, 5) is 39.7. The van der Waals surface area contributed by atoms with Crippen molar-refractivity contribution in [2.24, 2.45) is 17.8 Å². The van der Waals surface area contributed by atoms with Crippen LogP contribution in [0.5, 0.6) is 5.75 Å². The van der Waals surface area contributed by atoms with Crippen molar-refractivity contribution in [3.63, 3.8) is 0 Å². The quantitative estimate of drug-likeness (QED) is 0.336. The van der Waals surface area contributed by atoms with E-state index in [4.69, 9.17) is 4.74 Å². The van der Waals surface area contributed by atoms with Crippen LogP contribution in [0.3, 0.4) is 0 Å². The average molecular weight is 481 g/mol. The highest BCUT2D eigenvalue weighted by molar-refractivity contribution is 6.02. The summed E-state index contributed by atoms with van der Waals surface area (Å²) in [5, 5.41) is 12.4. The molecule has 2 aliphatic rings. The van der Waals surface area contributed by atoms with Crippen molar-refractivity contribution in [2.75, 3.05) is 6.61 Å². The van der Waals surface area contributed by atoms with Gasteiger partial charge >= 0.3 is 0 Å². The number of nitrogens with one attached hydrogen (secondary N) is 2. The van der Waals surface area contributed by atoms with Gasteiger partial charge in [0.1, 0.15) is 5.75 Å².